The predicted molar refractivity (Wildman–Crippen MR) is 76.2 cm³/mol. The molecule has 0 aliphatic rings. The van der Waals surface area contributed by atoms with Crippen LogP contribution < -0.4 is 4.74 Å². The number of rotatable bonds is 5. The molecule has 2 rings (SSSR count). The summed E-state index contributed by atoms with van der Waals surface area (Å²) in [5.41, 5.74) is -0.168. The summed E-state index contributed by atoms with van der Waals surface area (Å²) in [6.45, 7) is 0. The van der Waals surface area contributed by atoms with E-state index in [1.54, 1.807) is 0 Å². The average Bonchev–Trinajstić information content (AvgIpc) is 2.53. The first-order valence-electron chi connectivity index (χ1n) is 6.05. The van der Waals surface area contributed by atoms with Crippen molar-refractivity contribution in [3.63, 3.8) is 0 Å². The molecule has 0 aliphatic heterocycles. The van der Waals surface area contributed by atoms with Crippen molar-refractivity contribution in [1.29, 1.82) is 0 Å². The van der Waals surface area contributed by atoms with Crippen LogP contribution in [0, 0.1) is 20.2 Å². The number of hydrogen-bond acceptors (Lipinski definition) is 6. The Morgan fingerprint density at radius 2 is 1.55 bits per heavy atom. The summed E-state index contributed by atoms with van der Waals surface area (Å²) in [5, 5.41) is 21.5. The lowest BCUT2D eigenvalue weighted by atomic mass is 10.0. The Bertz CT molecular complexity index is 754. The molecule has 112 valence electrons. The van der Waals surface area contributed by atoms with Crippen molar-refractivity contribution in [3.8, 4) is 5.75 Å². The first-order valence-corrected chi connectivity index (χ1v) is 6.05. The third-order valence-corrected chi connectivity index (χ3v) is 2.98. The number of nitro groups is 2. The Labute approximate surface area is 124 Å². The zero-order valence-corrected chi connectivity index (χ0v) is 11.4. The maximum absolute atomic E-state index is 12.3. The highest BCUT2D eigenvalue weighted by Crippen LogP contribution is 2.28. The van der Waals surface area contributed by atoms with Crippen LogP contribution in [-0.2, 0) is 0 Å². The number of non-ortho nitro benzene ring substituents is 1. The highest BCUT2D eigenvalue weighted by atomic mass is 16.6. The van der Waals surface area contributed by atoms with Crippen LogP contribution in [0.4, 0.5) is 11.4 Å². The van der Waals surface area contributed by atoms with Crippen LogP contribution in [0.3, 0.4) is 0 Å². The molecule has 0 spiro atoms. The minimum atomic E-state index is -0.647. The van der Waals surface area contributed by atoms with Crippen LogP contribution in [0.5, 0.6) is 5.75 Å². The molecule has 0 fully saturated rings. The molecule has 2 aromatic rings. The third-order valence-electron chi connectivity index (χ3n) is 2.98. The van der Waals surface area contributed by atoms with E-state index in [0.717, 1.165) is 6.07 Å². The second-order valence-electron chi connectivity index (χ2n) is 4.28. The van der Waals surface area contributed by atoms with E-state index in [1.165, 1.54) is 43.5 Å². The summed E-state index contributed by atoms with van der Waals surface area (Å²) in [6, 6.07) is 8.85. The van der Waals surface area contributed by atoms with E-state index in [1.807, 2.05) is 0 Å². The van der Waals surface area contributed by atoms with Gasteiger partial charge in [-0.3, -0.25) is 25.0 Å². The number of nitrogens with zero attached hydrogens (tertiary/aromatic N) is 2. The molecule has 8 heteroatoms. The fourth-order valence-corrected chi connectivity index (χ4v) is 1.88. The highest BCUT2D eigenvalue weighted by Gasteiger charge is 2.19. The van der Waals surface area contributed by atoms with Crippen LogP contribution in [0.1, 0.15) is 15.9 Å². The van der Waals surface area contributed by atoms with Gasteiger partial charge in [0.1, 0.15) is 0 Å². The molecule has 0 amide bonds. The van der Waals surface area contributed by atoms with Crippen molar-refractivity contribution >= 4 is 17.2 Å². The molecule has 2 aromatic carbocycles. The van der Waals surface area contributed by atoms with E-state index < -0.39 is 15.6 Å². The first-order chi connectivity index (χ1) is 10.4. The first kappa shape index (κ1) is 15.1. The third kappa shape index (κ3) is 2.90. The Morgan fingerprint density at radius 1 is 0.955 bits per heavy atom. The Hall–Kier alpha value is -3.29. The molecule has 0 atom stereocenters. The minimum Gasteiger partial charge on any atom is -0.490 e. The van der Waals surface area contributed by atoms with Crippen LogP contribution >= 0.6 is 0 Å². The zero-order chi connectivity index (χ0) is 16.3. The molecule has 0 saturated heterocycles. The lowest BCUT2D eigenvalue weighted by Crippen LogP contribution is -2.03. The summed E-state index contributed by atoms with van der Waals surface area (Å²) >= 11 is 0. The molecule has 0 bridgehead atoms. The van der Waals surface area contributed by atoms with E-state index in [9.17, 15) is 25.0 Å². The summed E-state index contributed by atoms with van der Waals surface area (Å²) in [6.07, 6.45) is 0. The number of ether oxygens (including phenoxy) is 1. The predicted octanol–water partition coefficient (Wildman–Crippen LogP) is 2.74. The average molecular weight is 302 g/mol. The Balaban J connectivity index is 2.39. The molecule has 0 unspecified atom stereocenters. The van der Waals surface area contributed by atoms with Gasteiger partial charge in [-0.05, 0) is 24.3 Å². The SMILES string of the molecule is COc1ccc(C(=O)c2ccc([N+](=O)[O-])cc2)cc1[N+](=O)[O-]. The van der Waals surface area contributed by atoms with Crippen molar-refractivity contribution in [2.45, 2.75) is 0 Å². The maximum atomic E-state index is 12.3. The number of carbonyl (C=O) groups excluding carboxylic acids is 1. The topological polar surface area (TPSA) is 113 Å². The van der Waals surface area contributed by atoms with Gasteiger partial charge in [0.25, 0.3) is 5.69 Å². The molecule has 0 heterocycles. The fraction of sp³-hybridized carbons (Fsp3) is 0.0714. The summed E-state index contributed by atoms with van der Waals surface area (Å²) in [7, 11) is 1.29. The van der Waals surface area contributed by atoms with Gasteiger partial charge in [0.15, 0.2) is 11.5 Å². The van der Waals surface area contributed by atoms with E-state index in [0.29, 0.717) is 0 Å². The number of benzene rings is 2. The summed E-state index contributed by atoms with van der Waals surface area (Å²) in [5.74, 6) is -0.425. The molecule has 8 nitrogen and oxygen atoms in total. The van der Waals surface area contributed by atoms with Gasteiger partial charge in [0.2, 0.25) is 0 Å². The standard InChI is InChI=1S/C14H10N2O6/c1-22-13-7-4-10(8-12(13)16(20)21)14(17)9-2-5-11(6-3-9)15(18)19/h2-8H,1H3. The number of methoxy groups -OCH3 is 1. The lowest BCUT2D eigenvalue weighted by molar-refractivity contribution is -0.385. The minimum absolute atomic E-state index is 0.0465. The van der Waals surface area contributed by atoms with Crippen LogP contribution in [0.2, 0.25) is 0 Å². The largest absolute Gasteiger partial charge is 0.490 e. The second kappa shape index (κ2) is 6.00. The van der Waals surface area contributed by atoms with E-state index in [-0.39, 0.29) is 28.3 Å². The molecule has 0 N–H and O–H groups in total. The number of ketones is 1. The molecule has 0 aliphatic carbocycles. The number of nitro benzene ring substituents is 2. The molecular weight excluding hydrogens is 292 g/mol. The van der Waals surface area contributed by atoms with E-state index >= 15 is 0 Å². The lowest BCUT2D eigenvalue weighted by Gasteiger charge is -2.04. The van der Waals surface area contributed by atoms with Crippen molar-refractivity contribution < 1.29 is 19.4 Å². The second-order valence-corrected chi connectivity index (χ2v) is 4.28. The van der Waals surface area contributed by atoms with Gasteiger partial charge in [0, 0.05) is 29.3 Å². The maximum Gasteiger partial charge on any atom is 0.311 e. The van der Waals surface area contributed by atoms with Gasteiger partial charge >= 0.3 is 5.69 Å². The Kier molecular flexibility index (Phi) is 4.12. The molecule has 0 saturated carbocycles. The van der Waals surface area contributed by atoms with Gasteiger partial charge in [-0.2, -0.15) is 0 Å². The smallest absolute Gasteiger partial charge is 0.311 e. The fourth-order valence-electron chi connectivity index (χ4n) is 1.88. The number of carbonyl (C=O) groups is 1. The van der Waals surface area contributed by atoms with Crippen LogP contribution in [0.15, 0.2) is 42.5 Å². The van der Waals surface area contributed by atoms with Crippen LogP contribution in [0.25, 0.3) is 0 Å². The van der Waals surface area contributed by atoms with Crippen molar-refractivity contribution in [2.75, 3.05) is 7.11 Å². The van der Waals surface area contributed by atoms with Crippen molar-refractivity contribution in [1.82, 2.24) is 0 Å². The molecular formula is C14H10N2O6. The van der Waals surface area contributed by atoms with Gasteiger partial charge in [-0.25, -0.2) is 0 Å². The summed E-state index contributed by atoms with van der Waals surface area (Å²) < 4.78 is 4.86. The number of hydrogen-bond donors (Lipinski definition) is 0. The van der Waals surface area contributed by atoms with Gasteiger partial charge in [-0.15, -0.1) is 0 Å². The van der Waals surface area contributed by atoms with Crippen molar-refractivity contribution in [3.05, 3.63) is 73.8 Å². The molecule has 0 aromatic heterocycles. The van der Waals surface area contributed by atoms with Crippen molar-refractivity contribution in [2.24, 2.45) is 0 Å². The van der Waals surface area contributed by atoms with Gasteiger partial charge in [0.05, 0.1) is 17.0 Å². The van der Waals surface area contributed by atoms with Gasteiger partial charge in [-0.1, -0.05) is 0 Å². The highest BCUT2D eigenvalue weighted by molar-refractivity contribution is 6.09. The molecule has 22 heavy (non-hydrogen) atoms. The van der Waals surface area contributed by atoms with Gasteiger partial charge < -0.3 is 4.74 Å². The summed E-state index contributed by atoms with van der Waals surface area (Å²) in [4.78, 5) is 32.6. The zero-order valence-electron chi connectivity index (χ0n) is 11.4. The normalized spacial score (nSPS) is 10.0. The molecule has 0 radical (unpaired) electrons. The van der Waals surface area contributed by atoms with E-state index in [4.69, 9.17) is 4.74 Å². The monoisotopic (exact) mass is 302 g/mol. The quantitative estimate of drug-likeness (QED) is 0.476. The van der Waals surface area contributed by atoms with Crippen LogP contribution in [-0.4, -0.2) is 22.7 Å². The van der Waals surface area contributed by atoms with E-state index in [2.05, 4.69) is 0 Å². The Morgan fingerprint density at radius 3 is 2.05 bits per heavy atom.